The van der Waals surface area contributed by atoms with Crippen molar-refractivity contribution in [2.75, 3.05) is 18.9 Å². The van der Waals surface area contributed by atoms with E-state index in [0.717, 1.165) is 5.01 Å². The van der Waals surface area contributed by atoms with Crippen LogP contribution in [0.3, 0.4) is 0 Å². The zero-order valence-corrected chi connectivity index (χ0v) is 12.0. The number of anilines is 1. The van der Waals surface area contributed by atoms with Crippen molar-refractivity contribution in [3.05, 3.63) is 40.8 Å². The number of aromatic nitrogens is 1. The number of benzene rings is 1. The molecule has 0 radical (unpaired) electrons. The van der Waals surface area contributed by atoms with Gasteiger partial charge in [-0.15, -0.1) is 11.3 Å². The van der Waals surface area contributed by atoms with Crippen LogP contribution in [0.5, 0.6) is 5.75 Å². The molecule has 1 aromatic carbocycles. The summed E-state index contributed by atoms with van der Waals surface area (Å²) in [5.74, 6) is 0.635. The summed E-state index contributed by atoms with van der Waals surface area (Å²) in [6.45, 7) is 2.55. The van der Waals surface area contributed by atoms with Gasteiger partial charge in [0.2, 0.25) is 0 Å². The standard InChI is InChI=1S/C14H17N3O2S/c1-10(14-16-5-6-20-14)8-17-13(18)9-19-12-4-2-3-11(15)7-12/h2-7,10H,8-9,15H2,1H3,(H,17,18). The first kappa shape index (κ1) is 14.3. The summed E-state index contributed by atoms with van der Waals surface area (Å²) in [6.07, 6.45) is 1.77. The molecule has 0 spiro atoms. The lowest BCUT2D eigenvalue weighted by Crippen LogP contribution is -2.31. The van der Waals surface area contributed by atoms with Crippen molar-refractivity contribution in [3.8, 4) is 5.75 Å². The number of carbonyl (C=O) groups excluding carboxylic acids is 1. The van der Waals surface area contributed by atoms with Gasteiger partial charge in [0.05, 0.1) is 5.01 Å². The van der Waals surface area contributed by atoms with Crippen molar-refractivity contribution in [1.82, 2.24) is 10.3 Å². The number of hydrogen-bond donors (Lipinski definition) is 2. The molecule has 0 saturated carbocycles. The molecule has 1 unspecified atom stereocenters. The molecule has 3 N–H and O–H groups in total. The van der Waals surface area contributed by atoms with Gasteiger partial charge in [0.15, 0.2) is 6.61 Å². The number of carbonyl (C=O) groups is 1. The Morgan fingerprint density at radius 3 is 3.10 bits per heavy atom. The van der Waals surface area contributed by atoms with E-state index in [4.69, 9.17) is 10.5 Å². The Kier molecular flexibility index (Phi) is 4.95. The number of amides is 1. The fourth-order valence-corrected chi connectivity index (χ4v) is 2.33. The maximum atomic E-state index is 11.7. The van der Waals surface area contributed by atoms with Crippen LogP contribution in [0.2, 0.25) is 0 Å². The third-order valence-electron chi connectivity index (χ3n) is 2.71. The largest absolute Gasteiger partial charge is 0.484 e. The molecule has 106 valence electrons. The number of nitrogen functional groups attached to an aromatic ring is 1. The smallest absolute Gasteiger partial charge is 0.257 e. The SMILES string of the molecule is CC(CNC(=O)COc1cccc(N)c1)c1nccs1. The van der Waals surface area contributed by atoms with Gasteiger partial charge in [-0.3, -0.25) is 4.79 Å². The lowest BCUT2D eigenvalue weighted by molar-refractivity contribution is -0.123. The molecule has 0 aliphatic carbocycles. The van der Waals surface area contributed by atoms with Gasteiger partial charge in [-0.2, -0.15) is 0 Å². The monoisotopic (exact) mass is 291 g/mol. The molecule has 20 heavy (non-hydrogen) atoms. The molecule has 0 aliphatic rings. The molecule has 2 aromatic rings. The van der Waals surface area contributed by atoms with Crippen LogP contribution in [0.4, 0.5) is 5.69 Å². The lowest BCUT2D eigenvalue weighted by Gasteiger charge is -2.11. The fourth-order valence-electron chi connectivity index (χ4n) is 1.64. The molecule has 1 aromatic heterocycles. The molecule has 1 amide bonds. The van der Waals surface area contributed by atoms with E-state index >= 15 is 0 Å². The average Bonchev–Trinajstić information content (AvgIpc) is 2.97. The molecule has 6 heteroatoms. The van der Waals surface area contributed by atoms with Crippen LogP contribution in [0.1, 0.15) is 17.8 Å². The van der Waals surface area contributed by atoms with Gasteiger partial charge in [-0.25, -0.2) is 4.98 Å². The van der Waals surface area contributed by atoms with E-state index in [1.165, 1.54) is 0 Å². The quantitative estimate of drug-likeness (QED) is 0.798. The fraction of sp³-hybridized carbons (Fsp3) is 0.286. The molecular formula is C14H17N3O2S. The molecular weight excluding hydrogens is 274 g/mol. The van der Waals surface area contributed by atoms with E-state index < -0.39 is 0 Å². The van der Waals surface area contributed by atoms with Crippen LogP contribution in [0, 0.1) is 0 Å². The first-order valence-electron chi connectivity index (χ1n) is 6.29. The Bertz CT molecular complexity index is 557. The molecule has 2 rings (SSSR count). The normalized spacial score (nSPS) is 11.8. The number of ether oxygens (including phenoxy) is 1. The zero-order chi connectivity index (χ0) is 14.4. The molecule has 0 saturated heterocycles. The van der Waals surface area contributed by atoms with Gasteiger partial charge < -0.3 is 15.8 Å². The maximum Gasteiger partial charge on any atom is 0.257 e. The third-order valence-corrected chi connectivity index (χ3v) is 3.71. The van der Waals surface area contributed by atoms with E-state index in [1.54, 1.807) is 41.8 Å². The van der Waals surface area contributed by atoms with Crippen molar-refractivity contribution in [2.45, 2.75) is 12.8 Å². The topological polar surface area (TPSA) is 77.2 Å². The van der Waals surface area contributed by atoms with Gasteiger partial charge in [-0.1, -0.05) is 13.0 Å². The van der Waals surface area contributed by atoms with Crippen molar-refractivity contribution in [1.29, 1.82) is 0 Å². The van der Waals surface area contributed by atoms with Gasteiger partial charge in [0.1, 0.15) is 5.75 Å². The minimum Gasteiger partial charge on any atom is -0.484 e. The minimum absolute atomic E-state index is 0.0198. The first-order valence-corrected chi connectivity index (χ1v) is 7.17. The Hall–Kier alpha value is -2.08. The highest BCUT2D eigenvalue weighted by molar-refractivity contribution is 7.09. The van der Waals surface area contributed by atoms with Crippen LogP contribution in [-0.4, -0.2) is 24.0 Å². The highest BCUT2D eigenvalue weighted by Gasteiger charge is 2.10. The molecule has 0 bridgehead atoms. The number of nitrogens with zero attached hydrogens (tertiary/aromatic N) is 1. The first-order chi connectivity index (χ1) is 9.65. The number of thiazole rings is 1. The van der Waals surface area contributed by atoms with E-state index in [0.29, 0.717) is 18.0 Å². The van der Waals surface area contributed by atoms with Crippen LogP contribution in [-0.2, 0) is 4.79 Å². The summed E-state index contributed by atoms with van der Waals surface area (Å²) < 4.78 is 5.37. The van der Waals surface area contributed by atoms with Crippen LogP contribution in [0.25, 0.3) is 0 Å². The summed E-state index contributed by atoms with van der Waals surface area (Å²) in [6, 6.07) is 7.00. The van der Waals surface area contributed by atoms with Gasteiger partial charge >= 0.3 is 0 Å². The number of rotatable bonds is 6. The van der Waals surface area contributed by atoms with Crippen molar-refractivity contribution in [3.63, 3.8) is 0 Å². The predicted octanol–water partition coefficient (Wildman–Crippen LogP) is 2.02. The summed E-state index contributed by atoms with van der Waals surface area (Å²) in [4.78, 5) is 15.9. The average molecular weight is 291 g/mol. The Morgan fingerprint density at radius 1 is 1.55 bits per heavy atom. The molecule has 0 fully saturated rings. The van der Waals surface area contributed by atoms with Gasteiger partial charge in [0.25, 0.3) is 5.91 Å². The second-order valence-electron chi connectivity index (χ2n) is 4.44. The third kappa shape index (κ3) is 4.24. The molecule has 1 atom stereocenters. The van der Waals surface area contributed by atoms with E-state index in [9.17, 15) is 4.79 Å². The van der Waals surface area contributed by atoms with E-state index in [-0.39, 0.29) is 18.4 Å². The second-order valence-corrected chi connectivity index (χ2v) is 5.36. The highest BCUT2D eigenvalue weighted by Crippen LogP contribution is 2.16. The summed E-state index contributed by atoms with van der Waals surface area (Å²) in [7, 11) is 0. The summed E-state index contributed by atoms with van der Waals surface area (Å²) >= 11 is 1.59. The molecule has 5 nitrogen and oxygen atoms in total. The number of nitrogens with one attached hydrogen (secondary N) is 1. The van der Waals surface area contributed by atoms with Crippen LogP contribution in [0.15, 0.2) is 35.8 Å². The number of nitrogens with two attached hydrogens (primary N) is 1. The lowest BCUT2D eigenvalue weighted by atomic mass is 10.2. The van der Waals surface area contributed by atoms with Crippen LogP contribution < -0.4 is 15.8 Å². The van der Waals surface area contributed by atoms with Gasteiger partial charge in [-0.05, 0) is 12.1 Å². The van der Waals surface area contributed by atoms with E-state index in [2.05, 4.69) is 10.3 Å². The highest BCUT2D eigenvalue weighted by atomic mass is 32.1. The minimum atomic E-state index is -0.157. The second kappa shape index (κ2) is 6.91. The molecule has 1 heterocycles. The Morgan fingerprint density at radius 2 is 2.40 bits per heavy atom. The molecule has 0 aliphatic heterocycles. The predicted molar refractivity (Wildman–Crippen MR) is 79.9 cm³/mol. The maximum absolute atomic E-state index is 11.7. The zero-order valence-electron chi connectivity index (χ0n) is 11.2. The Balaban J connectivity index is 1.73. The summed E-state index contributed by atoms with van der Waals surface area (Å²) in [5, 5.41) is 5.77. The number of hydrogen-bond acceptors (Lipinski definition) is 5. The van der Waals surface area contributed by atoms with E-state index in [1.807, 2.05) is 12.3 Å². The van der Waals surface area contributed by atoms with Gasteiger partial charge in [0, 0.05) is 35.8 Å². The van der Waals surface area contributed by atoms with Crippen molar-refractivity contribution < 1.29 is 9.53 Å². The van der Waals surface area contributed by atoms with Crippen molar-refractivity contribution in [2.24, 2.45) is 0 Å². The summed E-state index contributed by atoms with van der Waals surface area (Å²) in [5.41, 5.74) is 6.24. The Labute approximate surface area is 121 Å². The van der Waals surface area contributed by atoms with Crippen LogP contribution >= 0.6 is 11.3 Å². The van der Waals surface area contributed by atoms with Crippen molar-refractivity contribution >= 4 is 22.9 Å².